The van der Waals surface area contributed by atoms with Crippen molar-refractivity contribution in [3.05, 3.63) is 30.1 Å². The van der Waals surface area contributed by atoms with E-state index in [0.29, 0.717) is 5.92 Å². The number of hydrogen-bond acceptors (Lipinski definition) is 4. The van der Waals surface area contributed by atoms with Gasteiger partial charge >= 0.3 is 0 Å². The monoisotopic (exact) mass is 335 g/mol. The fraction of sp³-hybridized carbons (Fsp3) is 0.550. The molecule has 3 aromatic rings. The van der Waals surface area contributed by atoms with Crippen LogP contribution in [-0.2, 0) is 0 Å². The Kier molecular flexibility index (Phi) is 3.80. The lowest BCUT2D eigenvalue weighted by molar-refractivity contribution is 0.425. The van der Waals surface area contributed by atoms with Crippen LogP contribution in [0.1, 0.15) is 63.1 Å². The number of aromatic nitrogens is 4. The minimum Gasteiger partial charge on any atom is -0.342 e. The topological polar surface area (TPSA) is 46.3 Å². The second kappa shape index (κ2) is 6.28. The summed E-state index contributed by atoms with van der Waals surface area (Å²) in [4.78, 5) is 7.51. The van der Waals surface area contributed by atoms with Crippen LogP contribution in [0, 0.1) is 0 Å². The molecule has 2 aromatic heterocycles. The third-order valence-electron chi connectivity index (χ3n) is 5.86. The highest BCUT2D eigenvalue weighted by Crippen LogP contribution is 2.35. The molecule has 5 rings (SSSR count). The van der Waals surface area contributed by atoms with Gasteiger partial charge in [0.25, 0.3) is 0 Å². The summed E-state index contributed by atoms with van der Waals surface area (Å²) in [6, 6.07) is 8.35. The summed E-state index contributed by atoms with van der Waals surface area (Å²) in [5.74, 6) is 2.71. The lowest BCUT2D eigenvalue weighted by Crippen LogP contribution is -2.32. The standard InChI is InChI=1S/C20H25N5/c1-3-9-15(10-4-1)18-22-23-19-16-11-5-6-12-17(16)21-20(25(18)19)24-13-7-2-8-14-24/h5-6,11-12,15H,1-4,7-10,13-14H2. The van der Waals surface area contributed by atoms with Crippen molar-refractivity contribution in [2.24, 2.45) is 0 Å². The molecule has 0 radical (unpaired) electrons. The van der Waals surface area contributed by atoms with Crippen molar-refractivity contribution >= 4 is 22.5 Å². The van der Waals surface area contributed by atoms with E-state index in [1.54, 1.807) is 0 Å². The van der Waals surface area contributed by atoms with Crippen LogP contribution in [-0.4, -0.2) is 32.7 Å². The van der Waals surface area contributed by atoms with Gasteiger partial charge in [-0.3, -0.25) is 0 Å². The lowest BCUT2D eigenvalue weighted by atomic mass is 9.89. The molecule has 2 fully saturated rings. The van der Waals surface area contributed by atoms with Crippen LogP contribution in [0.25, 0.3) is 16.6 Å². The molecule has 0 atom stereocenters. The van der Waals surface area contributed by atoms with Gasteiger partial charge in [0.05, 0.1) is 5.52 Å². The molecule has 1 saturated carbocycles. The minimum absolute atomic E-state index is 0.523. The van der Waals surface area contributed by atoms with Gasteiger partial charge in [0, 0.05) is 24.4 Å². The molecule has 0 spiro atoms. The maximum absolute atomic E-state index is 5.06. The lowest BCUT2D eigenvalue weighted by Gasteiger charge is -2.29. The molecule has 1 aromatic carbocycles. The molecule has 130 valence electrons. The molecular formula is C20H25N5. The Bertz CT molecular complexity index is 888. The summed E-state index contributed by atoms with van der Waals surface area (Å²) >= 11 is 0. The van der Waals surface area contributed by atoms with E-state index < -0.39 is 0 Å². The Labute approximate surface area is 148 Å². The van der Waals surface area contributed by atoms with Gasteiger partial charge in [0.1, 0.15) is 5.82 Å². The Morgan fingerprint density at radius 2 is 1.60 bits per heavy atom. The summed E-state index contributed by atoms with van der Waals surface area (Å²) in [5.41, 5.74) is 2.00. The van der Waals surface area contributed by atoms with Crippen molar-refractivity contribution in [2.75, 3.05) is 18.0 Å². The van der Waals surface area contributed by atoms with Crippen LogP contribution < -0.4 is 4.90 Å². The SMILES string of the molecule is c1ccc2c(c1)nc(N1CCCCC1)n1c(C3CCCCC3)nnc21. The zero-order valence-corrected chi connectivity index (χ0v) is 14.7. The number of rotatable bonds is 2. The van der Waals surface area contributed by atoms with Gasteiger partial charge in [0.15, 0.2) is 5.65 Å². The Morgan fingerprint density at radius 1 is 0.840 bits per heavy atom. The first kappa shape index (κ1) is 15.1. The highest BCUT2D eigenvalue weighted by molar-refractivity contribution is 5.92. The summed E-state index contributed by atoms with van der Waals surface area (Å²) < 4.78 is 2.28. The Morgan fingerprint density at radius 3 is 2.44 bits per heavy atom. The first-order valence-corrected chi connectivity index (χ1v) is 9.80. The predicted molar refractivity (Wildman–Crippen MR) is 100 cm³/mol. The second-order valence-electron chi connectivity index (χ2n) is 7.53. The first-order chi connectivity index (χ1) is 12.4. The number of anilines is 1. The van der Waals surface area contributed by atoms with Crippen LogP contribution in [0.15, 0.2) is 24.3 Å². The quantitative estimate of drug-likeness (QED) is 0.700. The van der Waals surface area contributed by atoms with Crippen LogP contribution in [0.4, 0.5) is 5.95 Å². The van der Waals surface area contributed by atoms with Gasteiger partial charge in [-0.15, -0.1) is 10.2 Å². The van der Waals surface area contributed by atoms with Crippen molar-refractivity contribution in [1.29, 1.82) is 0 Å². The van der Waals surface area contributed by atoms with E-state index in [0.717, 1.165) is 41.4 Å². The van der Waals surface area contributed by atoms with E-state index in [9.17, 15) is 0 Å². The second-order valence-corrected chi connectivity index (χ2v) is 7.53. The summed E-state index contributed by atoms with van der Waals surface area (Å²) in [6.07, 6.45) is 10.2. The number of benzene rings is 1. The molecule has 1 aliphatic heterocycles. The summed E-state index contributed by atoms with van der Waals surface area (Å²) in [7, 11) is 0. The normalized spacial score (nSPS) is 19.8. The predicted octanol–water partition coefficient (Wildman–Crippen LogP) is 4.32. The van der Waals surface area contributed by atoms with E-state index in [-0.39, 0.29) is 0 Å². The molecule has 25 heavy (non-hydrogen) atoms. The van der Waals surface area contributed by atoms with Gasteiger partial charge in [-0.05, 0) is 44.2 Å². The van der Waals surface area contributed by atoms with Crippen molar-refractivity contribution in [2.45, 2.75) is 57.3 Å². The highest BCUT2D eigenvalue weighted by atomic mass is 15.4. The van der Waals surface area contributed by atoms with E-state index in [4.69, 9.17) is 4.98 Å². The van der Waals surface area contributed by atoms with Crippen LogP contribution in [0.3, 0.4) is 0 Å². The minimum atomic E-state index is 0.523. The third kappa shape index (κ3) is 2.57. The maximum atomic E-state index is 5.06. The number of fused-ring (bicyclic) bond motifs is 3. The van der Waals surface area contributed by atoms with Gasteiger partial charge < -0.3 is 4.90 Å². The zero-order valence-electron chi connectivity index (χ0n) is 14.7. The number of hydrogen-bond donors (Lipinski definition) is 0. The van der Waals surface area contributed by atoms with Crippen LogP contribution in [0.2, 0.25) is 0 Å². The van der Waals surface area contributed by atoms with E-state index in [1.807, 2.05) is 0 Å². The largest absolute Gasteiger partial charge is 0.342 e. The molecule has 0 unspecified atom stereocenters. The first-order valence-electron chi connectivity index (χ1n) is 9.80. The summed E-state index contributed by atoms with van der Waals surface area (Å²) in [5, 5.41) is 10.4. The molecule has 5 heteroatoms. The van der Waals surface area contributed by atoms with E-state index >= 15 is 0 Å². The van der Waals surface area contributed by atoms with Crippen molar-refractivity contribution in [3.63, 3.8) is 0 Å². The highest BCUT2D eigenvalue weighted by Gasteiger charge is 2.26. The molecule has 0 bridgehead atoms. The van der Waals surface area contributed by atoms with E-state index in [2.05, 4.69) is 43.8 Å². The molecule has 0 amide bonds. The fourth-order valence-corrected chi connectivity index (χ4v) is 4.52. The smallest absolute Gasteiger partial charge is 0.213 e. The Balaban J connectivity index is 1.74. The fourth-order valence-electron chi connectivity index (χ4n) is 4.52. The van der Waals surface area contributed by atoms with Crippen molar-refractivity contribution in [1.82, 2.24) is 19.6 Å². The average molecular weight is 335 g/mol. The molecule has 1 saturated heterocycles. The van der Waals surface area contributed by atoms with Crippen LogP contribution >= 0.6 is 0 Å². The van der Waals surface area contributed by atoms with Gasteiger partial charge in [-0.25, -0.2) is 9.38 Å². The number of nitrogens with zero attached hydrogens (tertiary/aromatic N) is 5. The Hall–Kier alpha value is -2.17. The van der Waals surface area contributed by atoms with Crippen molar-refractivity contribution in [3.8, 4) is 0 Å². The van der Waals surface area contributed by atoms with Gasteiger partial charge in [0.2, 0.25) is 5.95 Å². The molecular weight excluding hydrogens is 310 g/mol. The van der Waals surface area contributed by atoms with Gasteiger partial charge in [-0.1, -0.05) is 31.4 Å². The van der Waals surface area contributed by atoms with Crippen molar-refractivity contribution < 1.29 is 0 Å². The zero-order chi connectivity index (χ0) is 16.6. The molecule has 3 heterocycles. The third-order valence-corrected chi connectivity index (χ3v) is 5.86. The molecule has 0 N–H and O–H groups in total. The molecule has 5 nitrogen and oxygen atoms in total. The average Bonchev–Trinajstić information content (AvgIpc) is 3.14. The molecule has 2 aliphatic rings. The summed E-state index contributed by atoms with van der Waals surface area (Å²) in [6.45, 7) is 2.17. The van der Waals surface area contributed by atoms with Gasteiger partial charge in [-0.2, -0.15) is 0 Å². The van der Waals surface area contributed by atoms with E-state index in [1.165, 1.54) is 51.4 Å². The maximum Gasteiger partial charge on any atom is 0.213 e. The number of para-hydroxylation sites is 1. The molecule has 1 aliphatic carbocycles. The number of piperidine rings is 1. The van der Waals surface area contributed by atoms with Crippen LogP contribution in [0.5, 0.6) is 0 Å².